The van der Waals surface area contributed by atoms with Crippen LogP contribution in [0.5, 0.6) is 0 Å². The van der Waals surface area contributed by atoms with Crippen molar-refractivity contribution in [1.82, 2.24) is 14.1 Å². The van der Waals surface area contributed by atoms with Crippen LogP contribution in [0.15, 0.2) is 77.7 Å². The third-order valence-corrected chi connectivity index (χ3v) is 9.42. The summed E-state index contributed by atoms with van der Waals surface area (Å²) in [5.41, 5.74) is 1.75. The minimum atomic E-state index is -3.67. The quantitative estimate of drug-likeness (QED) is 0.338. The average molecular weight is 609 g/mol. The van der Waals surface area contributed by atoms with Gasteiger partial charge in [0.1, 0.15) is 0 Å². The molecule has 206 valence electrons. The Morgan fingerprint density at radius 1 is 0.744 bits per heavy atom. The fourth-order valence-corrected chi connectivity index (χ4v) is 6.36. The van der Waals surface area contributed by atoms with E-state index in [9.17, 15) is 18.0 Å². The van der Waals surface area contributed by atoms with E-state index in [1.165, 1.54) is 28.6 Å². The second-order valence-corrected chi connectivity index (χ2v) is 12.5. The van der Waals surface area contributed by atoms with Crippen molar-refractivity contribution in [3.8, 4) is 0 Å². The molecule has 0 unspecified atom stereocenters. The number of carbonyl (C=O) groups excluding carboxylic acids is 2. The number of piperazine rings is 1. The molecule has 0 N–H and O–H groups in total. The minimum absolute atomic E-state index is 0.0241. The minimum Gasteiger partial charge on any atom is -0.340 e. The van der Waals surface area contributed by atoms with Crippen molar-refractivity contribution in [2.75, 3.05) is 33.2 Å². The van der Waals surface area contributed by atoms with E-state index in [1.807, 2.05) is 24.3 Å². The molecule has 0 radical (unpaired) electrons. The van der Waals surface area contributed by atoms with E-state index >= 15 is 0 Å². The van der Waals surface area contributed by atoms with Crippen molar-refractivity contribution >= 4 is 56.6 Å². The highest BCUT2D eigenvalue weighted by atomic mass is 35.5. The molecule has 7 nitrogen and oxygen atoms in total. The van der Waals surface area contributed by atoms with E-state index in [-0.39, 0.29) is 61.8 Å². The van der Waals surface area contributed by atoms with E-state index in [2.05, 4.69) is 0 Å². The molecule has 0 spiro atoms. The maximum atomic E-state index is 13.2. The van der Waals surface area contributed by atoms with E-state index < -0.39 is 10.0 Å². The van der Waals surface area contributed by atoms with E-state index in [0.29, 0.717) is 15.1 Å². The van der Waals surface area contributed by atoms with Gasteiger partial charge in [-0.3, -0.25) is 9.59 Å². The molecule has 1 aliphatic rings. The Kier molecular flexibility index (Phi) is 9.56. The number of rotatable bonds is 8. The van der Waals surface area contributed by atoms with Crippen molar-refractivity contribution < 1.29 is 18.0 Å². The summed E-state index contributed by atoms with van der Waals surface area (Å²) in [6.45, 7) is 0.876. The zero-order valence-electron chi connectivity index (χ0n) is 21.3. The van der Waals surface area contributed by atoms with E-state index in [0.717, 1.165) is 11.1 Å². The molecule has 0 atom stereocenters. The number of hydrogen-bond donors (Lipinski definition) is 0. The van der Waals surface area contributed by atoms with E-state index in [1.54, 1.807) is 41.1 Å². The molecule has 0 aliphatic carbocycles. The second-order valence-electron chi connectivity index (χ2n) is 9.25. The molecular weight excluding hydrogens is 581 g/mol. The van der Waals surface area contributed by atoms with Gasteiger partial charge in [0.15, 0.2) is 0 Å². The lowest BCUT2D eigenvalue weighted by Crippen LogP contribution is -2.50. The van der Waals surface area contributed by atoms with Crippen molar-refractivity contribution in [3.05, 3.63) is 99.0 Å². The lowest BCUT2D eigenvalue weighted by atomic mass is 9.97. The van der Waals surface area contributed by atoms with Crippen LogP contribution in [0.3, 0.4) is 0 Å². The number of nitrogens with zero attached hydrogens (tertiary/aromatic N) is 3. The predicted octanol–water partition coefficient (Wildman–Crippen LogP) is 5.51. The van der Waals surface area contributed by atoms with Crippen LogP contribution in [-0.2, 0) is 19.6 Å². The van der Waals surface area contributed by atoms with Gasteiger partial charge >= 0.3 is 0 Å². The van der Waals surface area contributed by atoms with Crippen molar-refractivity contribution in [3.63, 3.8) is 0 Å². The van der Waals surface area contributed by atoms with Gasteiger partial charge in [-0.15, -0.1) is 0 Å². The first-order valence-corrected chi connectivity index (χ1v) is 14.9. The monoisotopic (exact) mass is 607 g/mol. The molecule has 1 fully saturated rings. The highest BCUT2D eigenvalue weighted by Gasteiger charge is 2.31. The highest BCUT2D eigenvalue weighted by molar-refractivity contribution is 7.89. The molecule has 0 aromatic heterocycles. The van der Waals surface area contributed by atoms with Crippen LogP contribution in [0.2, 0.25) is 15.1 Å². The Morgan fingerprint density at radius 3 is 1.64 bits per heavy atom. The lowest BCUT2D eigenvalue weighted by Gasteiger charge is -2.34. The van der Waals surface area contributed by atoms with Crippen LogP contribution in [0.25, 0.3) is 0 Å². The third kappa shape index (κ3) is 7.13. The van der Waals surface area contributed by atoms with Crippen LogP contribution in [0, 0.1) is 0 Å². The van der Waals surface area contributed by atoms with Crippen molar-refractivity contribution in [2.24, 2.45) is 0 Å². The van der Waals surface area contributed by atoms with Crippen LogP contribution < -0.4 is 0 Å². The summed E-state index contributed by atoms with van der Waals surface area (Å²) in [6, 6.07) is 20.2. The van der Waals surface area contributed by atoms with Gasteiger partial charge in [-0.05, 0) is 59.7 Å². The number of halogens is 3. The Hall–Kier alpha value is -2.62. The first-order chi connectivity index (χ1) is 18.6. The largest absolute Gasteiger partial charge is 0.340 e. The Balaban J connectivity index is 1.36. The first kappa shape index (κ1) is 29.4. The lowest BCUT2D eigenvalue weighted by molar-refractivity contribution is -0.137. The van der Waals surface area contributed by atoms with Gasteiger partial charge in [-0.25, -0.2) is 8.42 Å². The van der Waals surface area contributed by atoms with Gasteiger partial charge in [0, 0.05) is 61.1 Å². The number of sulfonamides is 1. The van der Waals surface area contributed by atoms with Gasteiger partial charge in [0.25, 0.3) is 0 Å². The number of amides is 2. The zero-order chi connectivity index (χ0) is 28.2. The molecular formula is C28H28Cl3N3O4S. The molecule has 39 heavy (non-hydrogen) atoms. The Bertz CT molecular complexity index is 1360. The van der Waals surface area contributed by atoms with Gasteiger partial charge in [0.05, 0.1) is 10.9 Å². The molecule has 0 bridgehead atoms. The average Bonchev–Trinajstić information content (AvgIpc) is 2.94. The standard InChI is InChI=1S/C28H28Cl3N3O4S/c1-32(28(20-2-6-22(29)7-3-20)21-4-8-23(30)9-5-21)26(35)14-15-27(36)33-16-18-34(19-17-33)39(37,38)25-12-10-24(31)11-13-25/h2-13,28H,14-19H2,1H3. The number of carbonyl (C=O) groups is 2. The normalized spacial score (nSPS) is 14.4. The second kappa shape index (κ2) is 12.7. The fraction of sp³-hybridized carbons (Fsp3) is 0.286. The van der Waals surface area contributed by atoms with Crippen molar-refractivity contribution in [1.29, 1.82) is 0 Å². The summed E-state index contributed by atoms with van der Waals surface area (Å²) >= 11 is 18.0. The Labute approximate surface area is 243 Å². The smallest absolute Gasteiger partial charge is 0.243 e. The maximum absolute atomic E-state index is 13.2. The summed E-state index contributed by atoms with van der Waals surface area (Å²) in [4.78, 5) is 29.5. The summed E-state index contributed by atoms with van der Waals surface area (Å²) in [5, 5.41) is 1.64. The third-order valence-electron chi connectivity index (χ3n) is 6.75. The molecule has 4 rings (SSSR count). The fourth-order valence-electron chi connectivity index (χ4n) is 4.56. The molecule has 0 saturated carbocycles. The molecule has 3 aromatic carbocycles. The van der Waals surface area contributed by atoms with Gasteiger partial charge < -0.3 is 9.80 Å². The molecule has 3 aromatic rings. The summed E-state index contributed by atoms with van der Waals surface area (Å²) < 4.78 is 27.2. The van der Waals surface area contributed by atoms with Gasteiger partial charge in [0.2, 0.25) is 21.8 Å². The number of benzene rings is 3. The molecule has 1 aliphatic heterocycles. The van der Waals surface area contributed by atoms with Crippen LogP contribution in [0.4, 0.5) is 0 Å². The molecule has 1 saturated heterocycles. The van der Waals surface area contributed by atoms with Gasteiger partial charge in [-0.1, -0.05) is 59.1 Å². The van der Waals surface area contributed by atoms with Crippen LogP contribution >= 0.6 is 34.8 Å². The van der Waals surface area contributed by atoms with Crippen LogP contribution in [-0.4, -0.2) is 67.6 Å². The Morgan fingerprint density at radius 2 is 1.18 bits per heavy atom. The van der Waals surface area contributed by atoms with E-state index in [4.69, 9.17) is 34.8 Å². The van der Waals surface area contributed by atoms with Crippen molar-refractivity contribution in [2.45, 2.75) is 23.8 Å². The van der Waals surface area contributed by atoms with Gasteiger partial charge in [-0.2, -0.15) is 4.31 Å². The molecule has 2 amide bonds. The summed E-state index contributed by atoms with van der Waals surface area (Å²) in [7, 11) is -1.96. The maximum Gasteiger partial charge on any atom is 0.243 e. The highest BCUT2D eigenvalue weighted by Crippen LogP contribution is 2.30. The van der Waals surface area contributed by atoms with Crippen LogP contribution in [0.1, 0.15) is 30.0 Å². The zero-order valence-corrected chi connectivity index (χ0v) is 24.3. The molecule has 1 heterocycles. The predicted molar refractivity (Wildman–Crippen MR) is 154 cm³/mol. The summed E-state index contributed by atoms with van der Waals surface area (Å²) in [5.74, 6) is -0.378. The number of hydrogen-bond acceptors (Lipinski definition) is 4. The summed E-state index contributed by atoms with van der Waals surface area (Å²) in [6.07, 6.45) is 0.0529. The SMILES string of the molecule is CN(C(=O)CCC(=O)N1CCN(S(=O)(=O)c2ccc(Cl)cc2)CC1)C(c1ccc(Cl)cc1)c1ccc(Cl)cc1. The first-order valence-electron chi connectivity index (χ1n) is 12.4. The topological polar surface area (TPSA) is 78.0 Å². The molecule has 11 heteroatoms.